The third-order valence-electron chi connectivity index (χ3n) is 3.46. The Hall–Kier alpha value is -2.74. The molecule has 2 nitrogen and oxygen atoms in total. The van der Waals surface area contributed by atoms with E-state index in [0.29, 0.717) is 0 Å². The van der Waals surface area contributed by atoms with Crippen LogP contribution in [0, 0.1) is 6.07 Å². The summed E-state index contributed by atoms with van der Waals surface area (Å²) in [5.41, 5.74) is 4.07. The van der Waals surface area contributed by atoms with Gasteiger partial charge in [-0.2, -0.15) is 0 Å². The smallest absolute Gasteiger partial charge is 0.0716 e. The zero-order valence-electron chi connectivity index (χ0n) is 10.7. The molecule has 2 aromatic heterocycles. The maximum atomic E-state index is 4.75. The van der Waals surface area contributed by atoms with Gasteiger partial charge in [0.15, 0.2) is 0 Å². The van der Waals surface area contributed by atoms with Crippen molar-refractivity contribution in [3.63, 3.8) is 0 Å². The van der Waals surface area contributed by atoms with Crippen LogP contribution < -0.4 is 0 Å². The van der Waals surface area contributed by atoms with Crippen molar-refractivity contribution in [1.82, 2.24) is 9.97 Å². The van der Waals surface area contributed by atoms with E-state index in [1.165, 1.54) is 0 Å². The number of nitrogens with zero attached hydrogens (tertiary/aromatic N) is 2. The van der Waals surface area contributed by atoms with Gasteiger partial charge in [0.05, 0.1) is 16.7 Å². The lowest BCUT2D eigenvalue weighted by Crippen LogP contribution is -1.87. The van der Waals surface area contributed by atoms with Gasteiger partial charge in [-0.1, -0.05) is 30.3 Å². The second-order valence-corrected chi connectivity index (χ2v) is 4.69. The number of rotatable bonds is 1. The number of benzene rings is 2. The molecule has 0 spiro atoms. The molecule has 0 aliphatic heterocycles. The average Bonchev–Trinajstić information content (AvgIpc) is 2.54. The van der Waals surface area contributed by atoms with Gasteiger partial charge >= 0.3 is 0 Å². The first kappa shape index (κ1) is 11.1. The minimum atomic E-state index is 0.974. The van der Waals surface area contributed by atoms with Gasteiger partial charge in [0, 0.05) is 22.5 Å². The van der Waals surface area contributed by atoms with E-state index < -0.39 is 0 Å². The minimum absolute atomic E-state index is 0.974. The quantitative estimate of drug-likeness (QED) is 0.508. The van der Waals surface area contributed by atoms with Crippen LogP contribution in [0.3, 0.4) is 0 Å². The molecule has 0 atom stereocenters. The molecule has 2 heterocycles. The van der Waals surface area contributed by atoms with Crippen molar-refractivity contribution in [2.45, 2.75) is 0 Å². The van der Waals surface area contributed by atoms with Crippen molar-refractivity contribution in [1.29, 1.82) is 0 Å². The molecule has 0 fully saturated rings. The largest absolute Gasteiger partial charge is 0.256 e. The van der Waals surface area contributed by atoms with E-state index in [1.54, 1.807) is 0 Å². The van der Waals surface area contributed by atoms with Crippen molar-refractivity contribution >= 4 is 21.8 Å². The standard InChI is InChI=1S/C18H11N2/c1-2-8-16-13(5-1)10-11-18(20-16)15-6-3-9-17-14(15)7-4-12-19-17/h2-12H. The molecule has 2 heteroatoms. The van der Waals surface area contributed by atoms with Crippen molar-refractivity contribution in [2.24, 2.45) is 0 Å². The summed E-state index contributed by atoms with van der Waals surface area (Å²) in [6, 6.07) is 23.2. The van der Waals surface area contributed by atoms with E-state index >= 15 is 0 Å². The molecule has 0 N–H and O–H groups in total. The molecule has 2 aromatic carbocycles. The molecule has 0 aliphatic carbocycles. The van der Waals surface area contributed by atoms with Crippen molar-refractivity contribution in [3.05, 3.63) is 72.9 Å². The van der Waals surface area contributed by atoms with Crippen LogP contribution in [0.15, 0.2) is 66.9 Å². The highest BCUT2D eigenvalue weighted by atomic mass is 14.7. The van der Waals surface area contributed by atoms with Gasteiger partial charge in [-0.25, -0.2) is 4.98 Å². The number of hydrogen-bond acceptors (Lipinski definition) is 2. The van der Waals surface area contributed by atoms with Crippen molar-refractivity contribution < 1.29 is 0 Å². The Morgan fingerprint density at radius 2 is 1.85 bits per heavy atom. The lowest BCUT2D eigenvalue weighted by molar-refractivity contribution is 1.38. The molecule has 0 aliphatic rings. The lowest BCUT2D eigenvalue weighted by Gasteiger charge is -2.06. The second kappa shape index (κ2) is 4.42. The molecule has 4 rings (SSSR count). The van der Waals surface area contributed by atoms with E-state index in [1.807, 2.05) is 42.6 Å². The summed E-state index contributed by atoms with van der Waals surface area (Å²) < 4.78 is 0. The normalized spacial score (nSPS) is 11.0. The molecule has 0 amide bonds. The molecule has 4 aromatic rings. The summed E-state index contributed by atoms with van der Waals surface area (Å²) >= 11 is 0. The van der Waals surface area contributed by atoms with Gasteiger partial charge < -0.3 is 0 Å². The molecular weight excluding hydrogens is 244 g/mol. The maximum absolute atomic E-state index is 4.75. The summed E-state index contributed by atoms with van der Waals surface area (Å²) in [4.78, 5) is 9.14. The van der Waals surface area contributed by atoms with Crippen LogP contribution in [0.5, 0.6) is 0 Å². The lowest BCUT2D eigenvalue weighted by atomic mass is 10.0. The van der Waals surface area contributed by atoms with E-state index in [9.17, 15) is 0 Å². The van der Waals surface area contributed by atoms with E-state index in [4.69, 9.17) is 4.98 Å². The van der Waals surface area contributed by atoms with E-state index in [2.05, 4.69) is 35.3 Å². The Labute approximate surface area is 116 Å². The van der Waals surface area contributed by atoms with Crippen LogP contribution in [0.4, 0.5) is 0 Å². The van der Waals surface area contributed by atoms with Crippen LogP contribution in [0.1, 0.15) is 0 Å². The fourth-order valence-electron chi connectivity index (χ4n) is 2.48. The van der Waals surface area contributed by atoms with E-state index in [0.717, 1.165) is 33.1 Å². The molecule has 1 radical (unpaired) electrons. The Kier molecular flexibility index (Phi) is 2.46. The first-order chi connectivity index (χ1) is 9.92. The molecule has 20 heavy (non-hydrogen) atoms. The van der Waals surface area contributed by atoms with Gasteiger partial charge in [0.1, 0.15) is 0 Å². The van der Waals surface area contributed by atoms with Gasteiger partial charge in [-0.15, -0.1) is 0 Å². The average molecular weight is 255 g/mol. The van der Waals surface area contributed by atoms with Crippen molar-refractivity contribution in [2.75, 3.05) is 0 Å². The Bertz CT molecular complexity index is 908. The zero-order chi connectivity index (χ0) is 13.4. The van der Waals surface area contributed by atoms with Crippen LogP contribution in [-0.2, 0) is 0 Å². The zero-order valence-corrected chi connectivity index (χ0v) is 10.7. The summed E-state index contributed by atoms with van der Waals surface area (Å²) in [5.74, 6) is 0. The Morgan fingerprint density at radius 1 is 0.850 bits per heavy atom. The number of pyridine rings is 2. The van der Waals surface area contributed by atoms with Crippen LogP contribution >= 0.6 is 0 Å². The highest BCUT2D eigenvalue weighted by molar-refractivity contribution is 5.94. The van der Waals surface area contributed by atoms with Crippen LogP contribution in [-0.4, -0.2) is 9.97 Å². The Morgan fingerprint density at radius 3 is 2.85 bits per heavy atom. The summed E-state index contributed by atoms with van der Waals surface area (Å²) in [5, 5.41) is 2.24. The third-order valence-corrected chi connectivity index (χ3v) is 3.46. The molecule has 93 valence electrons. The molecule has 0 bridgehead atoms. The summed E-state index contributed by atoms with van der Waals surface area (Å²) in [7, 11) is 0. The predicted molar refractivity (Wildman–Crippen MR) is 81.3 cm³/mol. The van der Waals surface area contributed by atoms with Gasteiger partial charge in [0.2, 0.25) is 0 Å². The van der Waals surface area contributed by atoms with Gasteiger partial charge in [0.25, 0.3) is 0 Å². The fraction of sp³-hybridized carbons (Fsp3) is 0. The first-order valence-corrected chi connectivity index (χ1v) is 6.53. The van der Waals surface area contributed by atoms with Gasteiger partial charge in [-0.3, -0.25) is 4.98 Å². The number of aromatic nitrogens is 2. The minimum Gasteiger partial charge on any atom is -0.256 e. The fourth-order valence-corrected chi connectivity index (χ4v) is 2.48. The SMILES string of the molecule is [c]1ccc2nc(-c3cccc4ncccc34)ccc2c1. The van der Waals surface area contributed by atoms with Crippen LogP contribution in [0.25, 0.3) is 33.1 Å². The number of hydrogen-bond donors (Lipinski definition) is 0. The number of fused-ring (bicyclic) bond motifs is 2. The highest BCUT2D eigenvalue weighted by Crippen LogP contribution is 2.27. The molecule has 0 unspecified atom stereocenters. The molecule has 0 saturated carbocycles. The van der Waals surface area contributed by atoms with E-state index in [-0.39, 0.29) is 0 Å². The maximum Gasteiger partial charge on any atom is 0.0716 e. The monoisotopic (exact) mass is 255 g/mol. The van der Waals surface area contributed by atoms with Gasteiger partial charge in [-0.05, 0) is 36.4 Å². The first-order valence-electron chi connectivity index (χ1n) is 6.53. The Balaban J connectivity index is 2.01. The summed E-state index contributed by atoms with van der Waals surface area (Å²) in [6.45, 7) is 0. The molecular formula is C18H11N2. The second-order valence-electron chi connectivity index (χ2n) is 4.69. The topological polar surface area (TPSA) is 25.8 Å². The molecule has 0 saturated heterocycles. The summed E-state index contributed by atoms with van der Waals surface area (Å²) in [6.07, 6.45) is 1.82. The third kappa shape index (κ3) is 1.74. The predicted octanol–water partition coefficient (Wildman–Crippen LogP) is 4.25. The highest BCUT2D eigenvalue weighted by Gasteiger charge is 2.06. The van der Waals surface area contributed by atoms with Crippen LogP contribution in [0.2, 0.25) is 0 Å². The van der Waals surface area contributed by atoms with Crippen molar-refractivity contribution in [3.8, 4) is 11.3 Å².